The van der Waals surface area contributed by atoms with Gasteiger partial charge in [-0.15, -0.1) is 0 Å². The number of rotatable bonds is 18. The van der Waals surface area contributed by atoms with E-state index in [-0.39, 0.29) is 23.6 Å². The number of ether oxygens (including phenoxy) is 2. The van der Waals surface area contributed by atoms with Gasteiger partial charge < -0.3 is 30.7 Å². The molecule has 0 radical (unpaired) electrons. The minimum Gasteiger partial charge on any atom is -0.383 e. The first-order valence-electron chi connectivity index (χ1n) is 13.3. The molecule has 0 aliphatic carbocycles. The molecular weight excluding hydrogens is 500 g/mol. The summed E-state index contributed by atoms with van der Waals surface area (Å²) in [6.07, 6.45) is 4.75. The van der Waals surface area contributed by atoms with Crippen LogP contribution >= 0.6 is 0 Å². The third-order valence-corrected chi connectivity index (χ3v) is 5.88. The molecule has 10 nitrogen and oxygen atoms in total. The predicted octanol–water partition coefficient (Wildman–Crippen LogP) is 3.75. The molecule has 0 atom stereocenters. The van der Waals surface area contributed by atoms with E-state index in [0.29, 0.717) is 74.5 Å². The maximum absolute atomic E-state index is 12.4. The fourth-order valence-electron chi connectivity index (χ4n) is 3.83. The van der Waals surface area contributed by atoms with E-state index in [4.69, 9.17) is 9.47 Å². The molecule has 2 aromatic rings. The summed E-state index contributed by atoms with van der Waals surface area (Å²) in [5.41, 5.74) is 1.79. The maximum atomic E-state index is 12.4. The van der Waals surface area contributed by atoms with Gasteiger partial charge >= 0.3 is 0 Å². The van der Waals surface area contributed by atoms with E-state index >= 15 is 0 Å². The molecule has 0 saturated carbocycles. The normalized spacial score (nSPS) is 10.5. The van der Waals surface area contributed by atoms with Crippen molar-refractivity contribution in [2.45, 2.75) is 44.9 Å². The fraction of sp³-hybridized carbons (Fsp3) is 0.448. The van der Waals surface area contributed by atoms with Crippen LogP contribution in [0, 0.1) is 0 Å². The lowest BCUT2D eigenvalue weighted by Gasteiger charge is -2.12. The summed E-state index contributed by atoms with van der Waals surface area (Å²) in [6.45, 7) is 1.60. The van der Waals surface area contributed by atoms with Gasteiger partial charge in [0, 0.05) is 40.2 Å². The third kappa shape index (κ3) is 12.1. The highest BCUT2D eigenvalue weighted by Crippen LogP contribution is 2.17. The van der Waals surface area contributed by atoms with Gasteiger partial charge in [-0.1, -0.05) is 43.5 Å². The summed E-state index contributed by atoms with van der Waals surface area (Å²) < 4.78 is 9.89. The molecule has 0 heterocycles. The van der Waals surface area contributed by atoms with Gasteiger partial charge in [-0.05, 0) is 37.1 Å². The van der Waals surface area contributed by atoms with Crippen LogP contribution in [0.15, 0.2) is 48.5 Å². The number of unbranched alkanes of at least 4 members (excludes halogenated alkanes) is 4. The van der Waals surface area contributed by atoms with Crippen molar-refractivity contribution in [3.8, 4) is 0 Å². The SMILES string of the molecule is COCCNC(=O)c1ccccc1NC(=O)CCCCCCCC(=O)Nc1ccccc1C(=O)NCCOC. The number of hydrogen-bond acceptors (Lipinski definition) is 6. The van der Waals surface area contributed by atoms with Crippen molar-refractivity contribution < 1.29 is 28.7 Å². The van der Waals surface area contributed by atoms with Gasteiger partial charge in [0.15, 0.2) is 0 Å². The Labute approximate surface area is 230 Å². The lowest BCUT2D eigenvalue weighted by atomic mass is 10.1. The minimum absolute atomic E-state index is 0.142. The van der Waals surface area contributed by atoms with Crippen LogP contribution in [0.25, 0.3) is 0 Å². The smallest absolute Gasteiger partial charge is 0.253 e. The van der Waals surface area contributed by atoms with Crippen LogP contribution in [-0.4, -0.2) is 64.2 Å². The number of benzene rings is 2. The Morgan fingerprint density at radius 3 is 1.38 bits per heavy atom. The van der Waals surface area contributed by atoms with Crippen LogP contribution in [-0.2, 0) is 19.1 Å². The number of amides is 4. The average molecular weight is 541 g/mol. The molecular formula is C29H40N4O6. The van der Waals surface area contributed by atoms with E-state index in [1.165, 1.54) is 0 Å². The van der Waals surface area contributed by atoms with Crippen molar-refractivity contribution in [2.24, 2.45) is 0 Å². The molecule has 2 aromatic carbocycles. The number of anilines is 2. The van der Waals surface area contributed by atoms with Crippen molar-refractivity contribution >= 4 is 35.0 Å². The molecule has 0 aromatic heterocycles. The lowest BCUT2D eigenvalue weighted by Crippen LogP contribution is -2.28. The topological polar surface area (TPSA) is 135 Å². The van der Waals surface area contributed by atoms with Crippen molar-refractivity contribution in [3.63, 3.8) is 0 Å². The lowest BCUT2D eigenvalue weighted by molar-refractivity contribution is -0.117. The van der Waals surface area contributed by atoms with Gasteiger partial charge in [0.1, 0.15) is 0 Å². The molecule has 4 amide bonds. The Balaban J connectivity index is 1.65. The second kappa shape index (κ2) is 18.5. The number of carbonyl (C=O) groups excluding carboxylic acids is 4. The summed E-state index contributed by atoms with van der Waals surface area (Å²) in [6, 6.07) is 13.8. The number of methoxy groups -OCH3 is 2. The third-order valence-electron chi connectivity index (χ3n) is 5.88. The Bertz CT molecular complexity index is 992. The molecule has 0 fully saturated rings. The Hall–Kier alpha value is -3.76. The molecule has 0 bridgehead atoms. The average Bonchev–Trinajstić information content (AvgIpc) is 2.93. The zero-order valence-corrected chi connectivity index (χ0v) is 22.8. The standard InChI is InChI=1S/C29H40N4O6/c1-38-20-18-30-28(36)22-12-8-10-14-24(22)32-26(34)16-6-4-3-5-7-17-27(35)33-25-15-11-9-13-23(25)29(37)31-19-21-39-2/h8-15H,3-7,16-21H2,1-2H3,(H,30,36)(H,31,37)(H,32,34)(H,33,35). The zero-order chi connectivity index (χ0) is 28.3. The van der Waals surface area contributed by atoms with Crippen LogP contribution in [0.1, 0.15) is 65.7 Å². The van der Waals surface area contributed by atoms with Gasteiger partial charge in [0.25, 0.3) is 11.8 Å². The van der Waals surface area contributed by atoms with Gasteiger partial charge in [0.2, 0.25) is 11.8 Å². The largest absolute Gasteiger partial charge is 0.383 e. The molecule has 10 heteroatoms. The van der Waals surface area contributed by atoms with Crippen LogP contribution in [0.3, 0.4) is 0 Å². The zero-order valence-electron chi connectivity index (χ0n) is 22.8. The van der Waals surface area contributed by atoms with E-state index in [1.54, 1.807) is 62.8 Å². The van der Waals surface area contributed by atoms with E-state index in [9.17, 15) is 19.2 Å². The highest BCUT2D eigenvalue weighted by atomic mass is 16.5. The van der Waals surface area contributed by atoms with E-state index in [1.807, 2.05) is 0 Å². The number of para-hydroxylation sites is 2. The second-order valence-electron chi connectivity index (χ2n) is 8.95. The molecule has 0 saturated heterocycles. The van der Waals surface area contributed by atoms with Gasteiger partial charge in [-0.3, -0.25) is 19.2 Å². The van der Waals surface area contributed by atoms with Gasteiger partial charge in [0.05, 0.1) is 35.7 Å². The predicted molar refractivity (Wildman–Crippen MR) is 151 cm³/mol. The van der Waals surface area contributed by atoms with E-state index in [0.717, 1.165) is 19.3 Å². The summed E-state index contributed by atoms with van der Waals surface area (Å²) in [5.74, 6) is -0.811. The van der Waals surface area contributed by atoms with E-state index < -0.39 is 0 Å². The first-order chi connectivity index (χ1) is 19.0. The molecule has 4 N–H and O–H groups in total. The highest BCUT2D eigenvalue weighted by Gasteiger charge is 2.14. The van der Waals surface area contributed by atoms with E-state index in [2.05, 4.69) is 21.3 Å². The van der Waals surface area contributed by atoms with Gasteiger partial charge in [-0.2, -0.15) is 0 Å². The Kier molecular flexibility index (Phi) is 14.9. The molecule has 0 spiro atoms. The number of carbonyl (C=O) groups is 4. The monoisotopic (exact) mass is 540 g/mol. The van der Waals surface area contributed by atoms with Crippen LogP contribution in [0.5, 0.6) is 0 Å². The summed E-state index contributed by atoms with van der Waals surface area (Å²) in [7, 11) is 3.13. The van der Waals surface area contributed by atoms with Crippen molar-refractivity contribution in [2.75, 3.05) is 51.2 Å². The van der Waals surface area contributed by atoms with Crippen LogP contribution in [0.2, 0.25) is 0 Å². The second-order valence-corrected chi connectivity index (χ2v) is 8.95. The quantitative estimate of drug-likeness (QED) is 0.213. The number of hydrogen-bond donors (Lipinski definition) is 4. The summed E-state index contributed by atoms with van der Waals surface area (Å²) in [4.78, 5) is 49.5. The maximum Gasteiger partial charge on any atom is 0.253 e. The van der Waals surface area contributed by atoms with Crippen LogP contribution < -0.4 is 21.3 Å². The Morgan fingerprint density at radius 1 is 0.590 bits per heavy atom. The van der Waals surface area contributed by atoms with Crippen molar-refractivity contribution in [3.05, 3.63) is 59.7 Å². The van der Waals surface area contributed by atoms with Crippen molar-refractivity contribution in [1.82, 2.24) is 10.6 Å². The molecule has 0 unspecified atom stereocenters. The molecule has 0 aliphatic rings. The van der Waals surface area contributed by atoms with Gasteiger partial charge in [-0.25, -0.2) is 0 Å². The first kappa shape index (κ1) is 31.5. The van der Waals surface area contributed by atoms with Crippen LogP contribution in [0.4, 0.5) is 11.4 Å². The molecule has 0 aliphatic heterocycles. The molecule has 39 heavy (non-hydrogen) atoms. The first-order valence-corrected chi connectivity index (χ1v) is 13.3. The summed E-state index contributed by atoms with van der Waals surface area (Å²) >= 11 is 0. The molecule has 212 valence electrons. The molecule has 2 rings (SSSR count). The van der Waals surface area contributed by atoms with Crippen molar-refractivity contribution in [1.29, 1.82) is 0 Å². The Morgan fingerprint density at radius 2 is 0.974 bits per heavy atom. The number of nitrogens with one attached hydrogen (secondary N) is 4. The summed E-state index contributed by atoms with van der Waals surface area (Å²) in [5, 5.41) is 11.2. The highest BCUT2D eigenvalue weighted by molar-refractivity contribution is 6.04. The fourth-order valence-corrected chi connectivity index (χ4v) is 3.83. The minimum atomic E-state index is -0.263.